The molecule has 0 bridgehead atoms. The van der Waals surface area contributed by atoms with Crippen LogP contribution in [0.15, 0.2) is 17.4 Å². The molecule has 9 heteroatoms. The highest BCUT2D eigenvalue weighted by molar-refractivity contribution is 6.05. The van der Waals surface area contributed by atoms with E-state index in [9.17, 15) is 18.0 Å². The van der Waals surface area contributed by atoms with E-state index in [1.165, 1.54) is 6.20 Å². The SMILES string of the molecule is CC1OC(=O)NN=C1c1cnc(N2CC3CC3C2)c(C(F)(F)F)c1. The number of cyclic esters (lactones) is 1. The fraction of sp³-hybridized carbons (Fsp3) is 0.533. The fourth-order valence-electron chi connectivity index (χ4n) is 3.37. The monoisotopic (exact) mass is 340 g/mol. The van der Waals surface area contributed by atoms with Crippen molar-refractivity contribution in [3.8, 4) is 0 Å². The number of fused-ring (bicyclic) bond motifs is 1. The van der Waals surface area contributed by atoms with Gasteiger partial charge in [0.15, 0.2) is 0 Å². The van der Waals surface area contributed by atoms with Gasteiger partial charge in [-0.1, -0.05) is 0 Å². The lowest BCUT2D eigenvalue weighted by atomic mass is 10.0. The molecule has 2 aliphatic heterocycles. The van der Waals surface area contributed by atoms with Crippen molar-refractivity contribution in [1.29, 1.82) is 0 Å². The first-order valence-electron chi connectivity index (χ1n) is 7.69. The maximum absolute atomic E-state index is 13.5. The van der Waals surface area contributed by atoms with Crippen LogP contribution in [-0.4, -0.2) is 36.0 Å². The van der Waals surface area contributed by atoms with Crippen molar-refractivity contribution in [3.05, 3.63) is 23.4 Å². The van der Waals surface area contributed by atoms with Crippen molar-refractivity contribution in [1.82, 2.24) is 10.4 Å². The Morgan fingerprint density at radius 2 is 2.04 bits per heavy atom. The number of anilines is 1. The number of hydrogen-bond acceptors (Lipinski definition) is 5. The van der Waals surface area contributed by atoms with Crippen molar-refractivity contribution in [3.63, 3.8) is 0 Å². The third kappa shape index (κ3) is 2.57. The number of alkyl halides is 3. The molecule has 3 aliphatic rings. The number of amides is 1. The highest BCUT2D eigenvalue weighted by Gasteiger charge is 2.47. The van der Waals surface area contributed by atoms with Gasteiger partial charge >= 0.3 is 12.3 Å². The van der Waals surface area contributed by atoms with E-state index < -0.39 is 23.9 Å². The Bertz CT molecular complexity index is 724. The summed E-state index contributed by atoms with van der Waals surface area (Å²) in [5.41, 5.74) is 1.72. The molecule has 1 aliphatic carbocycles. The normalized spacial score (nSPS) is 28.8. The van der Waals surface area contributed by atoms with E-state index in [2.05, 4.69) is 15.5 Å². The van der Waals surface area contributed by atoms with E-state index in [4.69, 9.17) is 4.74 Å². The van der Waals surface area contributed by atoms with E-state index in [0.717, 1.165) is 12.5 Å². The maximum Gasteiger partial charge on any atom is 0.428 e. The fourth-order valence-corrected chi connectivity index (χ4v) is 3.37. The molecule has 24 heavy (non-hydrogen) atoms. The second kappa shape index (κ2) is 5.09. The molecule has 4 rings (SSSR count). The number of halogens is 3. The van der Waals surface area contributed by atoms with Crippen molar-refractivity contribution in [2.45, 2.75) is 25.6 Å². The third-order valence-electron chi connectivity index (χ3n) is 4.68. The molecule has 1 amide bonds. The van der Waals surface area contributed by atoms with Gasteiger partial charge in [0.05, 0.1) is 5.56 Å². The quantitative estimate of drug-likeness (QED) is 0.898. The van der Waals surface area contributed by atoms with Crippen LogP contribution >= 0.6 is 0 Å². The van der Waals surface area contributed by atoms with E-state index in [0.29, 0.717) is 24.9 Å². The number of hydrazone groups is 1. The Hall–Kier alpha value is -2.32. The molecule has 3 unspecified atom stereocenters. The highest BCUT2D eigenvalue weighted by atomic mass is 19.4. The molecule has 1 saturated heterocycles. The predicted octanol–water partition coefficient (Wildman–Crippen LogP) is 2.39. The summed E-state index contributed by atoms with van der Waals surface area (Å²) < 4.78 is 45.5. The Labute approximate surface area is 135 Å². The number of nitrogens with zero attached hydrogens (tertiary/aromatic N) is 3. The molecule has 0 aromatic carbocycles. The van der Waals surface area contributed by atoms with Crippen LogP contribution in [0, 0.1) is 11.8 Å². The maximum atomic E-state index is 13.5. The lowest BCUT2D eigenvalue weighted by Gasteiger charge is -2.25. The van der Waals surface area contributed by atoms with Crippen molar-refractivity contribution in [2.75, 3.05) is 18.0 Å². The Morgan fingerprint density at radius 3 is 2.67 bits per heavy atom. The van der Waals surface area contributed by atoms with Crippen molar-refractivity contribution < 1.29 is 22.7 Å². The topological polar surface area (TPSA) is 66.8 Å². The van der Waals surface area contributed by atoms with Crippen LogP contribution in [0.25, 0.3) is 0 Å². The number of ether oxygens (including phenoxy) is 1. The van der Waals surface area contributed by atoms with E-state index in [1.807, 2.05) is 0 Å². The van der Waals surface area contributed by atoms with Gasteiger partial charge in [0.2, 0.25) is 0 Å². The highest BCUT2D eigenvalue weighted by Crippen LogP contribution is 2.47. The first-order valence-corrected chi connectivity index (χ1v) is 7.69. The lowest BCUT2D eigenvalue weighted by molar-refractivity contribution is -0.137. The number of rotatable bonds is 2. The number of piperidine rings is 1. The predicted molar refractivity (Wildman–Crippen MR) is 78.7 cm³/mol. The first-order chi connectivity index (χ1) is 11.3. The van der Waals surface area contributed by atoms with Crippen LogP contribution in [0.3, 0.4) is 0 Å². The molecule has 0 spiro atoms. The van der Waals surface area contributed by atoms with Gasteiger partial charge in [0.25, 0.3) is 0 Å². The number of pyridine rings is 1. The summed E-state index contributed by atoms with van der Waals surface area (Å²) in [5, 5.41) is 3.80. The zero-order valence-corrected chi connectivity index (χ0v) is 12.8. The third-order valence-corrected chi connectivity index (χ3v) is 4.68. The first kappa shape index (κ1) is 15.2. The summed E-state index contributed by atoms with van der Waals surface area (Å²) in [6, 6.07) is 1.03. The van der Waals surface area contributed by atoms with Gasteiger partial charge in [-0.2, -0.15) is 18.3 Å². The van der Waals surface area contributed by atoms with Crippen LogP contribution in [0.1, 0.15) is 24.5 Å². The molecule has 6 nitrogen and oxygen atoms in total. The van der Waals surface area contributed by atoms with Crippen LogP contribution in [0.4, 0.5) is 23.8 Å². The summed E-state index contributed by atoms with van der Waals surface area (Å²) in [6.45, 7) is 2.79. The van der Waals surface area contributed by atoms with Crippen LogP contribution in [0.2, 0.25) is 0 Å². The van der Waals surface area contributed by atoms with Crippen molar-refractivity contribution in [2.24, 2.45) is 16.9 Å². The van der Waals surface area contributed by atoms with Crippen LogP contribution in [-0.2, 0) is 10.9 Å². The van der Waals surface area contributed by atoms with E-state index in [1.54, 1.807) is 11.8 Å². The summed E-state index contributed by atoms with van der Waals surface area (Å²) in [6.07, 6.45) is -3.55. The molecule has 1 N–H and O–H groups in total. The summed E-state index contributed by atoms with van der Waals surface area (Å²) in [7, 11) is 0. The molecular weight excluding hydrogens is 325 g/mol. The summed E-state index contributed by atoms with van der Waals surface area (Å²) in [5.74, 6) is 0.963. The number of carbonyl (C=O) groups is 1. The molecule has 0 radical (unpaired) electrons. The van der Waals surface area contributed by atoms with Crippen molar-refractivity contribution >= 4 is 17.6 Å². The smallest absolute Gasteiger partial charge is 0.428 e. The Balaban J connectivity index is 1.71. The average Bonchev–Trinajstić information content (AvgIpc) is 3.12. The molecular formula is C15H15F3N4O2. The van der Waals surface area contributed by atoms with Gasteiger partial charge in [-0.3, -0.25) is 0 Å². The Morgan fingerprint density at radius 1 is 1.33 bits per heavy atom. The molecule has 1 aromatic rings. The molecule has 128 valence electrons. The minimum Gasteiger partial charge on any atom is -0.439 e. The van der Waals surface area contributed by atoms with Gasteiger partial charge < -0.3 is 9.64 Å². The number of aromatic nitrogens is 1. The largest absolute Gasteiger partial charge is 0.439 e. The molecule has 2 fully saturated rings. The minimum absolute atomic E-state index is 0.0348. The van der Waals surface area contributed by atoms with E-state index in [-0.39, 0.29) is 17.1 Å². The Kier molecular flexibility index (Phi) is 3.23. The van der Waals surface area contributed by atoms with Gasteiger partial charge in [-0.05, 0) is 31.2 Å². The molecule has 1 aromatic heterocycles. The van der Waals surface area contributed by atoms with Gasteiger partial charge in [-0.25, -0.2) is 15.2 Å². The number of nitrogens with one attached hydrogen (secondary N) is 1. The minimum atomic E-state index is -4.52. The van der Waals surface area contributed by atoms with E-state index >= 15 is 0 Å². The zero-order chi connectivity index (χ0) is 17.1. The molecule has 1 saturated carbocycles. The van der Waals surface area contributed by atoms with Gasteiger partial charge in [0.1, 0.15) is 17.6 Å². The van der Waals surface area contributed by atoms with Gasteiger partial charge in [-0.15, -0.1) is 0 Å². The standard InChI is InChI=1S/C15H15F3N4O2/c1-7-12(20-21-14(23)24-7)8-3-11(15(16,17)18)13(19-4-8)22-5-9-2-10(9)6-22/h3-4,7,9-10H,2,5-6H2,1H3,(H,21,23). The summed E-state index contributed by atoms with van der Waals surface area (Å²) in [4.78, 5) is 16.9. The number of carbonyl (C=O) groups excluding carboxylic acids is 1. The van der Waals surface area contributed by atoms with Crippen LogP contribution in [0.5, 0.6) is 0 Å². The average molecular weight is 340 g/mol. The lowest BCUT2D eigenvalue weighted by Crippen LogP contribution is -2.37. The molecule has 3 atom stereocenters. The second-order valence-corrected chi connectivity index (χ2v) is 6.41. The number of hydrogen-bond donors (Lipinski definition) is 1. The second-order valence-electron chi connectivity index (χ2n) is 6.41. The van der Waals surface area contributed by atoms with Gasteiger partial charge in [0, 0.05) is 24.8 Å². The summed E-state index contributed by atoms with van der Waals surface area (Å²) >= 11 is 0. The van der Waals surface area contributed by atoms with Crippen LogP contribution < -0.4 is 10.3 Å². The zero-order valence-electron chi connectivity index (χ0n) is 12.8. The molecule has 3 heterocycles.